The van der Waals surface area contributed by atoms with E-state index in [-0.39, 0.29) is 0 Å². The Labute approximate surface area is 86.3 Å². The molecule has 0 heterocycles. The van der Waals surface area contributed by atoms with Crippen LogP contribution in [0, 0.1) is 0 Å². The fraction of sp³-hybridized carbons (Fsp3) is 0.538. The molecule has 0 spiro atoms. The summed E-state index contributed by atoms with van der Waals surface area (Å²) in [5, 5.41) is 0. The van der Waals surface area contributed by atoms with Crippen molar-refractivity contribution in [1.29, 1.82) is 0 Å². The summed E-state index contributed by atoms with van der Waals surface area (Å²) in [7, 11) is 0. The summed E-state index contributed by atoms with van der Waals surface area (Å²) in [4.78, 5) is 0. The molecule has 1 fully saturated rings. The third-order valence-corrected chi connectivity index (χ3v) is 3.39. The second-order valence-electron chi connectivity index (χ2n) is 4.30. The van der Waals surface area contributed by atoms with Gasteiger partial charge < -0.3 is 5.73 Å². The second kappa shape index (κ2) is 4.14. The first-order valence-electron chi connectivity index (χ1n) is 5.65. The Morgan fingerprint density at radius 2 is 1.93 bits per heavy atom. The number of nitrogens with two attached hydrogens (primary N) is 1. The summed E-state index contributed by atoms with van der Waals surface area (Å²) in [6.07, 6.45) is 4.88. The normalized spacial score (nSPS) is 26.7. The zero-order valence-corrected chi connectivity index (χ0v) is 8.87. The first-order valence-corrected chi connectivity index (χ1v) is 5.65. The second-order valence-corrected chi connectivity index (χ2v) is 4.30. The van der Waals surface area contributed by atoms with E-state index in [1.165, 1.54) is 30.4 Å². The number of aryl methyl sites for hydroxylation is 1. The Kier molecular flexibility index (Phi) is 2.87. The Bertz CT molecular complexity index is 289. The van der Waals surface area contributed by atoms with Gasteiger partial charge in [-0.3, -0.25) is 0 Å². The molecule has 0 aromatic heterocycles. The molecule has 2 atom stereocenters. The van der Waals surface area contributed by atoms with Crippen molar-refractivity contribution in [2.24, 2.45) is 5.73 Å². The maximum atomic E-state index is 6.08. The maximum absolute atomic E-state index is 6.08. The van der Waals surface area contributed by atoms with Crippen LogP contribution < -0.4 is 5.73 Å². The molecular weight excluding hydrogens is 170 g/mol. The monoisotopic (exact) mass is 189 g/mol. The van der Waals surface area contributed by atoms with E-state index >= 15 is 0 Å². The Hall–Kier alpha value is -0.820. The summed E-state index contributed by atoms with van der Waals surface area (Å²) >= 11 is 0. The van der Waals surface area contributed by atoms with Gasteiger partial charge in [-0.2, -0.15) is 0 Å². The highest BCUT2D eigenvalue weighted by Crippen LogP contribution is 2.33. The molecule has 1 aliphatic rings. The van der Waals surface area contributed by atoms with E-state index in [0.717, 1.165) is 6.42 Å². The van der Waals surface area contributed by atoms with Gasteiger partial charge in [0.25, 0.3) is 0 Å². The first-order chi connectivity index (χ1) is 6.81. The van der Waals surface area contributed by atoms with E-state index in [1.807, 2.05) is 0 Å². The van der Waals surface area contributed by atoms with Crippen molar-refractivity contribution < 1.29 is 0 Å². The average Bonchev–Trinajstić information content (AvgIpc) is 2.65. The van der Waals surface area contributed by atoms with E-state index in [1.54, 1.807) is 0 Å². The van der Waals surface area contributed by atoms with Crippen LogP contribution in [-0.2, 0) is 6.42 Å². The molecule has 2 rings (SSSR count). The van der Waals surface area contributed by atoms with Crippen LogP contribution in [0.1, 0.15) is 43.2 Å². The van der Waals surface area contributed by atoms with Crippen LogP contribution in [0.4, 0.5) is 0 Å². The van der Waals surface area contributed by atoms with Crippen LogP contribution in [-0.4, -0.2) is 6.04 Å². The van der Waals surface area contributed by atoms with E-state index in [4.69, 9.17) is 5.73 Å². The first kappa shape index (κ1) is 9.72. The minimum absolute atomic E-state index is 0.391. The standard InChI is InChI=1S/C13H19N/c1-2-10-6-8-11(9-7-10)12-4-3-5-13(12)14/h6-9,12-13H,2-5,14H2,1H3/t12-,13+/m0/s1. The van der Waals surface area contributed by atoms with Crippen LogP contribution in [0.3, 0.4) is 0 Å². The summed E-state index contributed by atoms with van der Waals surface area (Å²) in [6.45, 7) is 2.19. The molecule has 0 radical (unpaired) electrons. The summed E-state index contributed by atoms with van der Waals surface area (Å²) in [5.74, 6) is 0.612. The topological polar surface area (TPSA) is 26.0 Å². The molecule has 1 aromatic rings. The summed E-state index contributed by atoms with van der Waals surface area (Å²) in [5.41, 5.74) is 8.94. The predicted octanol–water partition coefficient (Wildman–Crippen LogP) is 2.84. The van der Waals surface area contributed by atoms with Gasteiger partial charge in [-0.1, -0.05) is 37.6 Å². The van der Waals surface area contributed by atoms with Crippen molar-refractivity contribution in [3.05, 3.63) is 35.4 Å². The van der Waals surface area contributed by atoms with Gasteiger partial charge in [-0.15, -0.1) is 0 Å². The molecule has 2 N–H and O–H groups in total. The predicted molar refractivity (Wildman–Crippen MR) is 60.4 cm³/mol. The quantitative estimate of drug-likeness (QED) is 0.760. The van der Waals surface area contributed by atoms with Crippen molar-refractivity contribution in [1.82, 2.24) is 0 Å². The Morgan fingerprint density at radius 3 is 2.43 bits per heavy atom. The molecule has 0 amide bonds. The Balaban J connectivity index is 2.16. The number of benzene rings is 1. The van der Waals surface area contributed by atoms with E-state index in [2.05, 4.69) is 31.2 Å². The van der Waals surface area contributed by atoms with Crippen molar-refractivity contribution in [2.75, 3.05) is 0 Å². The van der Waals surface area contributed by atoms with Crippen molar-refractivity contribution in [2.45, 2.75) is 44.6 Å². The molecule has 1 aromatic carbocycles. The molecule has 1 nitrogen and oxygen atoms in total. The van der Waals surface area contributed by atoms with Gasteiger partial charge in [0, 0.05) is 6.04 Å². The highest BCUT2D eigenvalue weighted by atomic mass is 14.7. The molecule has 1 heteroatoms. The zero-order valence-electron chi connectivity index (χ0n) is 8.87. The van der Waals surface area contributed by atoms with E-state index in [9.17, 15) is 0 Å². The highest BCUT2D eigenvalue weighted by Gasteiger charge is 2.24. The van der Waals surface area contributed by atoms with Gasteiger partial charge >= 0.3 is 0 Å². The van der Waals surface area contributed by atoms with Crippen LogP contribution >= 0.6 is 0 Å². The summed E-state index contributed by atoms with van der Waals surface area (Å²) < 4.78 is 0. The van der Waals surface area contributed by atoms with Gasteiger partial charge in [-0.05, 0) is 36.3 Å². The largest absolute Gasteiger partial charge is 0.327 e. The molecule has 0 unspecified atom stereocenters. The van der Waals surface area contributed by atoms with E-state index in [0.29, 0.717) is 12.0 Å². The van der Waals surface area contributed by atoms with E-state index < -0.39 is 0 Å². The fourth-order valence-corrected chi connectivity index (χ4v) is 2.40. The summed E-state index contributed by atoms with van der Waals surface area (Å²) in [6, 6.07) is 9.38. The van der Waals surface area contributed by atoms with Gasteiger partial charge in [0.15, 0.2) is 0 Å². The molecular formula is C13H19N. The number of hydrogen-bond acceptors (Lipinski definition) is 1. The number of hydrogen-bond donors (Lipinski definition) is 1. The van der Waals surface area contributed by atoms with Gasteiger partial charge in [-0.25, -0.2) is 0 Å². The zero-order chi connectivity index (χ0) is 9.97. The third-order valence-electron chi connectivity index (χ3n) is 3.39. The van der Waals surface area contributed by atoms with Crippen LogP contribution in [0.2, 0.25) is 0 Å². The van der Waals surface area contributed by atoms with Gasteiger partial charge in [0.05, 0.1) is 0 Å². The van der Waals surface area contributed by atoms with Crippen LogP contribution in [0.15, 0.2) is 24.3 Å². The number of rotatable bonds is 2. The molecule has 0 bridgehead atoms. The lowest BCUT2D eigenvalue weighted by Crippen LogP contribution is -2.22. The smallest absolute Gasteiger partial charge is 0.0108 e. The van der Waals surface area contributed by atoms with Crippen molar-refractivity contribution in [3.63, 3.8) is 0 Å². The lowest BCUT2D eigenvalue weighted by Gasteiger charge is -2.15. The van der Waals surface area contributed by atoms with Crippen LogP contribution in [0.5, 0.6) is 0 Å². The SMILES string of the molecule is CCc1ccc([C@@H]2CCC[C@H]2N)cc1. The Morgan fingerprint density at radius 1 is 1.21 bits per heavy atom. The highest BCUT2D eigenvalue weighted by molar-refractivity contribution is 5.27. The fourth-order valence-electron chi connectivity index (χ4n) is 2.40. The molecule has 76 valence electrons. The van der Waals surface area contributed by atoms with Crippen LogP contribution in [0.25, 0.3) is 0 Å². The van der Waals surface area contributed by atoms with Crippen molar-refractivity contribution >= 4 is 0 Å². The average molecular weight is 189 g/mol. The lowest BCUT2D eigenvalue weighted by molar-refractivity contribution is 0.613. The minimum atomic E-state index is 0.391. The minimum Gasteiger partial charge on any atom is -0.327 e. The molecule has 14 heavy (non-hydrogen) atoms. The van der Waals surface area contributed by atoms with Gasteiger partial charge in [0.1, 0.15) is 0 Å². The molecule has 0 aliphatic heterocycles. The molecule has 1 aliphatic carbocycles. The van der Waals surface area contributed by atoms with Crippen molar-refractivity contribution in [3.8, 4) is 0 Å². The maximum Gasteiger partial charge on any atom is 0.0108 e. The lowest BCUT2D eigenvalue weighted by atomic mass is 9.93. The van der Waals surface area contributed by atoms with Gasteiger partial charge in [0.2, 0.25) is 0 Å². The third kappa shape index (κ3) is 1.83. The molecule has 0 saturated heterocycles. The molecule has 1 saturated carbocycles.